The summed E-state index contributed by atoms with van der Waals surface area (Å²) in [5, 5.41) is 0. The zero-order valence-electron chi connectivity index (χ0n) is 53.8. The standard InChI is InChI=1S/C80H79B2N3OS2/c1-75(2,3)69-46-66-73(87-69)81-59-44-60-62(45-61(59)83(52-24-18-15-19-25-52)63-40-50(41-64(71(63)81)85(66)54-28-22-17-23-29-54)48-30-32-55-57(38-48)79(11,12)36-34-77(55,7)8)84(53-26-20-16-21-27-53)65-42-51(49-31-33-56-58(39-49)80(13,14)37-35-78(56,9)10)43-67-72(65)82(60)74-68(86-67)47-70(88-74)76(4,5)6/h15-33,38-47H,34-37H2,1-14H3. The molecule has 4 aliphatic heterocycles. The number of para-hydroxylation sites is 3. The number of hydrogen-bond donors (Lipinski definition) is 0. The van der Waals surface area contributed by atoms with E-state index in [0.717, 1.165) is 35.7 Å². The van der Waals surface area contributed by atoms with Gasteiger partial charge in [-0.3, -0.25) is 0 Å². The van der Waals surface area contributed by atoms with E-state index in [2.05, 4.69) is 288 Å². The lowest BCUT2D eigenvalue weighted by Gasteiger charge is -2.45. The molecule has 0 fully saturated rings. The smallest absolute Gasteiger partial charge is 0.268 e. The first kappa shape index (κ1) is 55.8. The average Bonchev–Trinajstić information content (AvgIpc) is 1.12. The van der Waals surface area contributed by atoms with Crippen LogP contribution in [0.3, 0.4) is 0 Å². The second kappa shape index (κ2) is 19.0. The predicted molar refractivity (Wildman–Crippen MR) is 381 cm³/mol. The average molecular weight is 1180 g/mol. The zero-order chi connectivity index (χ0) is 60.9. The largest absolute Gasteiger partial charge is 0.457 e. The minimum Gasteiger partial charge on any atom is -0.457 e. The first-order chi connectivity index (χ1) is 41.8. The van der Waals surface area contributed by atoms with Gasteiger partial charge < -0.3 is 19.4 Å². The molecule has 6 aliphatic rings. The van der Waals surface area contributed by atoms with Gasteiger partial charge >= 0.3 is 0 Å². The van der Waals surface area contributed by atoms with Crippen LogP contribution < -0.4 is 50.8 Å². The second-order valence-corrected chi connectivity index (χ2v) is 33.2. The fraction of sp³-hybridized carbons (Fsp3) is 0.300. The molecule has 88 heavy (non-hydrogen) atoms. The summed E-state index contributed by atoms with van der Waals surface area (Å²) >= 11 is 3.96. The molecule has 2 aromatic heterocycles. The Morgan fingerprint density at radius 3 is 1.22 bits per heavy atom. The Labute approximate surface area is 531 Å². The maximum absolute atomic E-state index is 7.46. The van der Waals surface area contributed by atoms with Crippen LogP contribution in [0.4, 0.5) is 51.2 Å². The van der Waals surface area contributed by atoms with Crippen LogP contribution in [0.5, 0.6) is 11.5 Å². The van der Waals surface area contributed by atoms with Gasteiger partial charge in [0.2, 0.25) is 0 Å². The highest BCUT2D eigenvalue weighted by Crippen LogP contribution is 2.54. The van der Waals surface area contributed by atoms with Crippen molar-refractivity contribution in [1.29, 1.82) is 0 Å². The first-order valence-corrected chi connectivity index (χ1v) is 33.8. The van der Waals surface area contributed by atoms with Gasteiger partial charge in [-0.05, 0) is 203 Å². The lowest BCUT2D eigenvalue weighted by molar-refractivity contribution is 0.332. The highest BCUT2D eigenvalue weighted by molar-refractivity contribution is 7.30. The van der Waals surface area contributed by atoms with E-state index >= 15 is 0 Å². The fourth-order valence-electron chi connectivity index (χ4n) is 15.9. The van der Waals surface area contributed by atoms with Crippen LogP contribution in [0.25, 0.3) is 22.3 Å². The van der Waals surface area contributed by atoms with Gasteiger partial charge in [0, 0.05) is 64.8 Å². The number of thiophene rings is 2. The molecule has 0 saturated carbocycles. The van der Waals surface area contributed by atoms with Gasteiger partial charge in [0.25, 0.3) is 13.4 Å². The molecule has 6 heterocycles. The van der Waals surface area contributed by atoms with Crippen LogP contribution in [-0.4, -0.2) is 13.4 Å². The summed E-state index contributed by atoms with van der Waals surface area (Å²) in [5.41, 5.74) is 26.9. The summed E-state index contributed by atoms with van der Waals surface area (Å²) in [6, 6.07) is 68.6. The van der Waals surface area contributed by atoms with Crippen molar-refractivity contribution < 1.29 is 4.74 Å². The Kier molecular flexibility index (Phi) is 12.1. The topological polar surface area (TPSA) is 19.0 Å². The van der Waals surface area contributed by atoms with Gasteiger partial charge in [-0.15, -0.1) is 11.3 Å². The predicted octanol–water partition coefficient (Wildman–Crippen LogP) is 18.9. The van der Waals surface area contributed by atoms with Crippen molar-refractivity contribution in [2.24, 2.45) is 0 Å². The summed E-state index contributed by atoms with van der Waals surface area (Å²) in [6.07, 6.45) is 4.68. The maximum Gasteiger partial charge on any atom is 0.268 e. The van der Waals surface area contributed by atoms with E-state index in [4.69, 9.17) is 4.74 Å². The molecular formula is C80H79B2N3OS2. The monoisotopic (exact) mass is 1180 g/mol. The molecule has 0 saturated heterocycles. The van der Waals surface area contributed by atoms with Gasteiger partial charge in [0.15, 0.2) is 0 Å². The molecule has 8 heteroatoms. The summed E-state index contributed by atoms with van der Waals surface area (Å²) in [7, 11) is 0. The molecule has 438 valence electrons. The number of fused-ring (bicyclic) bond motifs is 10. The van der Waals surface area contributed by atoms with Crippen LogP contribution in [0.1, 0.15) is 155 Å². The quantitative estimate of drug-likeness (QED) is 0.160. The minimum absolute atomic E-state index is 0.0512. The normalized spacial score (nSPS) is 17.6. The molecule has 0 atom stereocenters. The zero-order valence-corrected chi connectivity index (χ0v) is 55.4. The summed E-state index contributed by atoms with van der Waals surface area (Å²) in [4.78, 5) is 10.6. The highest BCUT2D eigenvalue weighted by Gasteiger charge is 2.50. The van der Waals surface area contributed by atoms with Crippen molar-refractivity contribution in [3.8, 4) is 33.8 Å². The van der Waals surface area contributed by atoms with Crippen molar-refractivity contribution >= 4 is 119 Å². The third kappa shape index (κ3) is 8.43. The van der Waals surface area contributed by atoms with E-state index in [9.17, 15) is 0 Å². The number of anilines is 9. The van der Waals surface area contributed by atoms with Gasteiger partial charge in [0.1, 0.15) is 11.5 Å². The molecule has 0 amide bonds. The lowest BCUT2D eigenvalue weighted by Crippen LogP contribution is -2.63. The molecular weight excluding hydrogens is 1100 g/mol. The molecule has 2 aliphatic carbocycles. The molecule has 8 aromatic carbocycles. The Bertz CT molecular complexity index is 4540. The van der Waals surface area contributed by atoms with Crippen molar-refractivity contribution in [2.45, 2.75) is 155 Å². The first-order valence-electron chi connectivity index (χ1n) is 32.2. The Morgan fingerprint density at radius 2 is 0.750 bits per heavy atom. The maximum atomic E-state index is 7.46. The summed E-state index contributed by atoms with van der Waals surface area (Å²) in [5.74, 6) is 1.92. The SMILES string of the molecule is CC(C)(C)c1cc2c(s1)B1c3cc4c(cc3N(c3ccccc3)c3cc(-c5ccc6c(c5)C(C)(C)CCC6(C)C)cc(c31)O2)N(c1ccccc1)c1cc(-c2ccc3c(c2)C(C)(C)CCC3(C)C)cc2c1B4c1sc(C(C)(C)C)cc1N2c1ccccc1. The molecule has 0 bridgehead atoms. The van der Waals surface area contributed by atoms with Crippen LogP contribution in [-0.2, 0) is 32.5 Å². The van der Waals surface area contributed by atoms with E-state index in [-0.39, 0.29) is 45.9 Å². The van der Waals surface area contributed by atoms with E-state index in [1.54, 1.807) is 0 Å². The van der Waals surface area contributed by atoms with Crippen molar-refractivity contribution in [1.82, 2.24) is 0 Å². The third-order valence-corrected chi connectivity index (χ3v) is 24.4. The molecule has 0 N–H and O–H groups in total. The number of nitrogens with zero attached hydrogens (tertiary/aromatic N) is 3. The second-order valence-electron chi connectivity index (χ2n) is 31.0. The van der Waals surface area contributed by atoms with Crippen LogP contribution in [0.15, 0.2) is 176 Å². The third-order valence-electron chi connectivity index (χ3n) is 21.2. The van der Waals surface area contributed by atoms with Gasteiger partial charge in [0.05, 0.1) is 5.69 Å². The van der Waals surface area contributed by atoms with Crippen molar-refractivity contribution in [3.05, 3.63) is 208 Å². The van der Waals surface area contributed by atoms with E-state index in [0.29, 0.717) is 0 Å². The Balaban J connectivity index is 1.01. The van der Waals surface area contributed by atoms with Gasteiger partial charge in [-0.2, -0.15) is 11.3 Å². The number of ether oxygens (including phenoxy) is 1. The van der Waals surface area contributed by atoms with E-state index in [1.165, 1.54) is 138 Å². The van der Waals surface area contributed by atoms with Gasteiger partial charge in [-0.25, -0.2) is 0 Å². The molecule has 16 rings (SSSR count). The Hall–Kier alpha value is -7.51. The van der Waals surface area contributed by atoms with E-state index in [1.807, 2.05) is 22.7 Å². The molecule has 0 spiro atoms. The number of hydrogen-bond acceptors (Lipinski definition) is 6. The number of rotatable bonds is 5. The van der Waals surface area contributed by atoms with Crippen LogP contribution >= 0.6 is 22.7 Å². The van der Waals surface area contributed by atoms with Crippen molar-refractivity contribution in [2.75, 3.05) is 14.7 Å². The fourth-order valence-corrected chi connectivity index (χ4v) is 18.5. The van der Waals surface area contributed by atoms with Crippen LogP contribution in [0, 0.1) is 0 Å². The highest BCUT2D eigenvalue weighted by atomic mass is 32.1. The lowest BCUT2D eigenvalue weighted by atomic mass is 9.33. The minimum atomic E-state index is -0.0866. The van der Waals surface area contributed by atoms with Gasteiger partial charge in [-0.1, -0.05) is 194 Å². The molecule has 4 nitrogen and oxygen atoms in total. The summed E-state index contributed by atoms with van der Waals surface area (Å²) < 4.78 is 10.1. The Morgan fingerprint density at radius 1 is 0.352 bits per heavy atom. The van der Waals surface area contributed by atoms with Crippen molar-refractivity contribution in [3.63, 3.8) is 0 Å². The number of benzene rings is 8. The van der Waals surface area contributed by atoms with Crippen LogP contribution in [0.2, 0.25) is 0 Å². The molecule has 10 aromatic rings. The molecule has 0 unspecified atom stereocenters. The summed E-state index contributed by atoms with van der Waals surface area (Å²) in [6.45, 7) is 33.6. The van der Waals surface area contributed by atoms with E-state index < -0.39 is 0 Å². The molecule has 0 radical (unpaired) electrons.